The van der Waals surface area contributed by atoms with Crippen LogP contribution in [-0.4, -0.2) is 52.4 Å². The molecule has 1 N–H and O–H groups in total. The standard InChI is InChI=1S/C16H26N2O2/c1-17-11-16(8-9-20-13-16)12-18(2)10-14-4-6-15(19-3)7-5-14/h4-7,17H,8-13H2,1-3H3. The molecule has 0 radical (unpaired) electrons. The Morgan fingerprint density at radius 2 is 2.10 bits per heavy atom. The van der Waals surface area contributed by atoms with E-state index in [-0.39, 0.29) is 5.41 Å². The van der Waals surface area contributed by atoms with Crippen LogP contribution in [0, 0.1) is 5.41 Å². The third-order valence-electron chi connectivity index (χ3n) is 3.95. The van der Waals surface area contributed by atoms with E-state index in [4.69, 9.17) is 9.47 Å². The molecule has 0 aliphatic carbocycles. The van der Waals surface area contributed by atoms with Gasteiger partial charge in [-0.3, -0.25) is 0 Å². The fraction of sp³-hybridized carbons (Fsp3) is 0.625. The lowest BCUT2D eigenvalue weighted by molar-refractivity contribution is 0.118. The summed E-state index contributed by atoms with van der Waals surface area (Å²) in [4.78, 5) is 2.38. The minimum absolute atomic E-state index is 0.260. The fourth-order valence-electron chi connectivity index (χ4n) is 3.02. The van der Waals surface area contributed by atoms with Crippen molar-refractivity contribution in [3.8, 4) is 5.75 Å². The predicted octanol–water partition coefficient (Wildman–Crippen LogP) is 1.75. The lowest BCUT2D eigenvalue weighted by Gasteiger charge is -2.32. The molecule has 1 saturated heterocycles. The summed E-state index contributed by atoms with van der Waals surface area (Å²) >= 11 is 0. The largest absolute Gasteiger partial charge is 0.497 e. The summed E-state index contributed by atoms with van der Waals surface area (Å²) in [6.45, 7) is 4.77. The van der Waals surface area contributed by atoms with Gasteiger partial charge in [-0.1, -0.05) is 12.1 Å². The normalized spacial score (nSPS) is 22.4. The number of methoxy groups -OCH3 is 1. The predicted molar refractivity (Wildman–Crippen MR) is 81.1 cm³/mol. The molecule has 0 amide bonds. The maximum absolute atomic E-state index is 5.61. The number of nitrogens with zero attached hydrogens (tertiary/aromatic N) is 1. The molecule has 1 aromatic carbocycles. The Kier molecular flexibility index (Phi) is 5.40. The topological polar surface area (TPSA) is 33.7 Å². The maximum atomic E-state index is 5.61. The quantitative estimate of drug-likeness (QED) is 0.824. The van der Waals surface area contributed by atoms with Gasteiger partial charge in [-0.15, -0.1) is 0 Å². The molecule has 1 fully saturated rings. The van der Waals surface area contributed by atoms with Gasteiger partial charge < -0.3 is 19.7 Å². The number of rotatable bonds is 7. The molecule has 0 bridgehead atoms. The fourth-order valence-corrected chi connectivity index (χ4v) is 3.02. The van der Waals surface area contributed by atoms with Crippen LogP contribution in [0.4, 0.5) is 0 Å². The Bertz CT molecular complexity index is 399. The van der Waals surface area contributed by atoms with Crippen molar-refractivity contribution in [2.45, 2.75) is 13.0 Å². The number of benzene rings is 1. The summed E-state index contributed by atoms with van der Waals surface area (Å²) in [7, 11) is 5.90. The van der Waals surface area contributed by atoms with Crippen molar-refractivity contribution >= 4 is 0 Å². The van der Waals surface area contributed by atoms with Crippen molar-refractivity contribution in [2.75, 3.05) is 47.5 Å². The average molecular weight is 278 g/mol. The molecule has 2 rings (SSSR count). The second-order valence-corrected chi connectivity index (χ2v) is 5.85. The first-order chi connectivity index (χ1) is 9.67. The van der Waals surface area contributed by atoms with Gasteiger partial charge in [0.15, 0.2) is 0 Å². The second kappa shape index (κ2) is 7.07. The Hall–Kier alpha value is -1.10. The summed E-state index contributed by atoms with van der Waals surface area (Å²) in [6.07, 6.45) is 1.14. The SMILES string of the molecule is CNCC1(CN(C)Cc2ccc(OC)cc2)CCOC1. The first-order valence-electron chi connectivity index (χ1n) is 7.21. The van der Waals surface area contributed by atoms with Gasteiger partial charge in [0.1, 0.15) is 5.75 Å². The minimum Gasteiger partial charge on any atom is -0.497 e. The molecule has 0 spiro atoms. The van der Waals surface area contributed by atoms with Gasteiger partial charge in [-0.2, -0.15) is 0 Å². The minimum atomic E-state index is 0.260. The highest BCUT2D eigenvalue weighted by molar-refractivity contribution is 5.27. The van der Waals surface area contributed by atoms with Crippen LogP contribution in [0.2, 0.25) is 0 Å². The van der Waals surface area contributed by atoms with Crippen molar-refractivity contribution in [1.29, 1.82) is 0 Å². The monoisotopic (exact) mass is 278 g/mol. The van der Waals surface area contributed by atoms with E-state index in [0.717, 1.165) is 45.0 Å². The van der Waals surface area contributed by atoms with E-state index in [9.17, 15) is 0 Å². The molecule has 1 atom stereocenters. The van der Waals surface area contributed by atoms with Crippen molar-refractivity contribution < 1.29 is 9.47 Å². The zero-order chi connectivity index (χ0) is 14.4. The molecule has 112 valence electrons. The molecule has 0 saturated carbocycles. The van der Waals surface area contributed by atoms with Gasteiger partial charge in [-0.05, 0) is 38.2 Å². The highest BCUT2D eigenvalue weighted by Crippen LogP contribution is 2.29. The Balaban J connectivity index is 1.91. The third kappa shape index (κ3) is 3.95. The van der Waals surface area contributed by atoms with Crippen LogP contribution in [0.1, 0.15) is 12.0 Å². The zero-order valence-corrected chi connectivity index (χ0v) is 12.8. The molecule has 4 heteroatoms. The van der Waals surface area contributed by atoms with E-state index in [1.54, 1.807) is 7.11 Å². The lowest BCUT2D eigenvalue weighted by Crippen LogP contribution is -2.42. The van der Waals surface area contributed by atoms with Crippen LogP contribution in [0.5, 0.6) is 5.75 Å². The Morgan fingerprint density at radius 1 is 1.35 bits per heavy atom. The van der Waals surface area contributed by atoms with Crippen molar-refractivity contribution in [3.63, 3.8) is 0 Å². The number of hydrogen-bond acceptors (Lipinski definition) is 4. The van der Waals surface area contributed by atoms with Gasteiger partial charge >= 0.3 is 0 Å². The highest BCUT2D eigenvalue weighted by atomic mass is 16.5. The smallest absolute Gasteiger partial charge is 0.118 e. The van der Waals surface area contributed by atoms with Gasteiger partial charge in [-0.25, -0.2) is 0 Å². The molecular formula is C16H26N2O2. The molecule has 0 aromatic heterocycles. The maximum Gasteiger partial charge on any atom is 0.118 e. The summed E-state index contributed by atoms with van der Waals surface area (Å²) in [5.41, 5.74) is 1.57. The molecule has 1 heterocycles. The van der Waals surface area contributed by atoms with Gasteiger partial charge in [0.2, 0.25) is 0 Å². The van der Waals surface area contributed by atoms with Crippen LogP contribution in [0.15, 0.2) is 24.3 Å². The Morgan fingerprint density at radius 3 is 2.65 bits per heavy atom. The van der Waals surface area contributed by atoms with Crippen LogP contribution >= 0.6 is 0 Å². The highest BCUT2D eigenvalue weighted by Gasteiger charge is 2.35. The molecule has 20 heavy (non-hydrogen) atoms. The van der Waals surface area contributed by atoms with E-state index in [1.807, 2.05) is 19.2 Å². The third-order valence-corrected chi connectivity index (χ3v) is 3.95. The number of hydrogen-bond donors (Lipinski definition) is 1. The summed E-state index contributed by atoms with van der Waals surface area (Å²) in [5, 5.41) is 3.31. The Labute approximate surface area is 122 Å². The summed E-state index contributed by atoms with van der Waals surface area (Å²) in [5.74, 6) is 0.909. The van der Waals surface area contributed by atoms with E-state index < -0.39 is 0 Å². The lowest BCUT2D eigenvalue weighted by atomic mass is 9.86. The second-order valence-electron chi connectivity index (χ2n) is 5.85. The van der Waals surface area contributed by atoms with E-state index in [0.29, 0.717) is 0 Å². The average Bonchev–Trinajstić information content (AvgIpc) is 2.88. The number of ether oxygens (including phenoxy) is 2. The van der Waals surface area contributed by atoms with Crippen molar-refractivity contribution in [1.82, 2.24) is 10.2 Å². The van der Waals surface area contributed by atoms with Crippen LogP contribution in [-0.2, 0) is 11.3 Å². The summed E-state index contributed by atoms with van der Waals surface area (Å²) in [6, 6.07) is 8.30. The number of nitrogens with one attached hydrogen (secondary N) is 1. The van der Waals surface area contributed by atoms with Crippen LogP contribution in [0.25, 0.3) is 0 Å². The molecule has 1 unspecified atom stereocenters. The van der Waals surface area contributed by atoms with E-state index >= 15 is 0 Å². The van der Waals surface area contributed by atoms with Gasteiger partial charge in [0, 0.05) is 31.7 Å². The molecule has 1 aromatic rings. The van der Waals surface area contributed by atoms with Crippen molar-refractivity contribution in [3.05, 3.63) is 29.8 Å². The van der Waals surface area contributed by atoms with Crippen molar-refractivity contribution in [2.24, 2.45) is 5.41 Å². The first kappa shape index (κ1) is 15.3. The summed E-state index contributed by atoms with van der Waals surface area (Å²) < 4.78 is 10.8. The molecular weight excluding hydrogens is 252 g/mol. The zero-order valence-electron chi connectivity index (χ0n) is 12.8. The van der Waals surface area contributed by atoms with Gasteiger partial charge in [0.05, 0.1) is 13.7 Å². The molecule has 1 aliphatic heterocycles. The first-order valence-corrected chi connectivity index (χ1v) is 7.21. The van der Waals surface area contributed by atoms with E-state index in [2.05, 4.69) is 29.4 Å². The van der Waals surface area contributed by atoms with Crippen LogP contribution in [0.3, 0.4) is 0 Å². The van der Waals surface area contributed by atoms with Crippen LogP contribution < -0.4 is 10.1 Å². The van der Waals surface area contributed by atoms with E-state index in [1.165, 1.54) is 5.56 Å². The van der Waals surface area contributed by atoms with Gasteiger partial charge in [0.25, 0.3) is 0 Å². The molecule has 1 aliphatic rings. The molecule has 4 nitrogen and oxygen atoms in total.